The summed E-state index contributed by atoms with van der Waals surface area (Å²) in [6, 6.07) is 2.84. The molecule has 0 aromatic carbocycles. The van der Waals surface area contributed by atoms with E-state index in [-0.39, 0.29) is 47.4 Å². The summed E-state index contributed by atoms with van der Waals surface area (Å²) in [5.74, 6) is 0.170. The molecule has 0 radical (unpaired) electrons. The molecule has 34 heavy (non-hydrogen) atoms. The number of halogens is 3. The second kappa shape index (κ2) is 8.20. The van der Waals surface area contributed by atoms with Gasteiger partial charge in [0.15, 0.2) is 11.6 Å². The van der Waals surface area contributed by atoms with Gasteiger partial charge in [-0.2, -0.15) is 13.2 Å². The van der Waals surface area contributed by atoms with Gasteiger partial charge in [0.05, 0.1) is 13.3 Å². The van der Waals surface area contributed by atoms with Gasteiger partial charge in [0.1, 0.15) is 28.9 Å². The number of nitrogens with zero attached hydrogens (tertiary/aromatic N) is 8. The van der Waals surface area contributed by atoms with Gasteiger partial charge in [-0.15, -0.1) is 15.3 Å². The van der Waals surface area contributed by atoms with E-state index < -0.39 is 18.1 Å². The molecule has 0 saturated carbocycles. The molecule has 1 atom stereocenters. The zero-order valence-corrected chi connectivity index (χ0v) is 17.6. The van der Waals surface area contributed by atoms with Crippen LogP contribution in [0.25, 0.3) is 17.3 Å². The molecule has 0 aliphatic carbocycles. The summed E-state index contributed by atoms with van der Waals surface area (Å²) in [6.07, 6.45) is 1.48. The Bertz CT molecular complexity index is 1350. The molecule has 1 amide bonds. The topological polar surface area (TPSA) is 126 Å². The highest BCUT2D eigenvalue weighted by molar-refractivity contribution is 6.05. The zero-order valence-electron chi connectivity index (χ0n) is 17.6. The molecule has 4 aromatic rings. The number of methoxy groups -OCH3 is 1. The van der Waals surface area contributed by atoms with Crippen LogP contribution in [-0.4, -0.2) is 58.7 Å². The van der Waals surface area contributed by atoms with E-state index >= 15 is 0 Å². The molecule has 0 spiro atoms. The van der Waals surface area contributed by atoms with Gasteiger partial charge in [-0.1, -0.05) is 6.07 Å². The zero-order chi connectivity index (χ0) is 23.9. The van der Waals surface area contributed by atoms with Crippen LogP contribution >= 0.6 is 0 Å². The van der Waals surface area contributed by atoms with E-state index in [1.165, 1.54) is 48.7 Å². The summed E-state index contributed by atoms with van der Waals surface area (Å²) in [6.45, 7) is 0. The normalized spacial score (nSPS) is 15.2. The fraction of sp³-hybridized carbons (Fsp3) is 0.250. The fourth-order valence-electron chi connectivity index (χ4n) is 3.71. The van der Waals surface area contributed by atoms with E-state index in [1.54, 1.807) is 6.07 Å². The first-order chi connectivity index (χ1) is 16.3. The van der Waals surface area contributed by atoms with Crippen molar-refractivity contribution in [3.63, 3.8) is 0 Å². The third kappa shape index (κ3) is 3.82. The van der Waals surface area contributed by atoms with Crippen LogP contribution in [0.2, 0.25) is 0 Å². The van der Waals surface area contributed by atoms with E-state index in [9.17, 15) is 18.0 Å². The van der Waals surface area contributed by atoms with Gasteiger partial charge in [-0.3, -0.25) is 14.3 Å². The van der Waals surface area contributed by atoms with Gasteiger partial charge in [0, 0.05) is 25.0 Å². The number of fused-ring (bicyclic) bond motifs is 1. The van der Waals surface area contributed by atoms with Crippen molar-refractivity contribution in [3.05, 3.63) is 54.4 Å². The van der Waals surface area contributed by atoms with Crippen molar-refractivity contribution in [1.29, 1.82) is 0 Å². The maximum atomic E-state index is 13.5. The molecule has 14 heteroatoms. The summed E-state index contributed by atoms with van der Waals surface area (Å²) in [4.78, 5) is 25.3. The second-order valence-electron chi connectivity index (χ2n) is 7.33. The highest BCUT2D eigenvalue weighted by Crippen LogP contribution is 2.41. The van der Waals surface area contributed by atoms with E-state index in [2.05, 4.69) is 35.6 Å². The fourth-order valence-corrected chi connectivity index (χ4v) is 3.71. The average molecular weight is 471 g/mol. The maximum absolute atomic E-state index is 13.5. The van der Waals surface area contributed by atoms with Crippen molar-refractivity contribution in [2.24, 2.45) is 0 Å². The van der Waals surface area contributed by atoms with Crippen LogP contribution in [0.5, 0.6) is 5.88 Å². The van der Waals surface area contributed by atoms with Crippen molar-refractivity contribution in [3.8, 4) is 23.2 Å². The molecular formula is C20H16F3N9O2. The lowest BCUT2D eigenvalue weighted by Crippen LogP contribution is -2.24. The summed E-state index contributed by atoms with van der Waals surface area (Å²) < 4.78 is 48.0. The van der Waals surface area contributed by atoms with Crippen molar-refractivity contribution < 1.29 is 22.7 Å². The number of pyridine rings is 1. The lowest BCUT2D eigenvalue weighted by atomic mass is 10.2. The van der Waals surface area contributed by atoms with Crippen molar-refractivity contribution in [1.82, 2.24) is 39.5 Å². The van der Waals surface area contributed by atoms with Gasteiger partial charge in [0.25, 0.3) is 5.91 Å². The number of amides is 1. The number of rotatable bonds is 5. The van der Waals surface area contributed by atoms with Crippen LogP contribution in [0.4, 0.5) is 19.0 Å². The summed E-state index contributed by atoms with van der Waals surface area (Å²) >= 11 is 0. The van der Waals surface area contributed by atoms with Crippen molar-refractivity contribution in [2.45, 2.75) is 25.1 Å². The Balaban J connectivity index is 1.42. The molecule has 1 aliphatic heterocycles. The van der Waals surface area contributed by atoms with Gasteiger partial charge >= 0.3 is 6.18 Å². The third-order valence-corrected chi connectivity index (χ3v) is 5.22. The molecule has 174 valence electrons. The number of hydrogen-bond acceptors (Lipinski definition) is 8. The Morgan fingerprint density at radius 3 is 2.82 bits per heavy atom. The molecule has 0 fully saturated rings. The third-order valence-electron chi connectivity index (χ3n) is 5.22. The quantitative estimate of drug-likeness (QED) is 0.471. The molecule has 4 aromatic heterocycles. The van der Waals surface area contributed by atoms with Gasteiger partial charge in [-0.25, -0.2) is 14.6 Å². The van der Waals surface area contributed by atoms with Crippen molar-refractivity contribution >= 4 is 11.7 Å². The Kier molecular flexibility index (Phi) is 5.18. The van der Waals surface area contributed by atoms with Crippen LogP contribution in [0.1, 0.15) is 28.6 Å². The second-order valence-corrected chi connectivity index (χ2v) is 7.33. The first-order valence-electron chi connectivity index (χ1n) is 10.0. The minimum absolute atomic E-state index is 0.0148. The van der Waals surface area contributed by atoms with Crippen LogP contribution in [0, 0.1) is 0 Å². The highest BCUT2D eigenvalue weighted by atomic mass is 19.4. The SMILES string of the molecule is COc1nn(-c2cnccn2)cc1C(=O)Nc1cccc(-c2nnc3n2C(C(F)(F)F)CC3)n1. The summed E-state index contributed by atoms with van der Waals surface area (Å²) in [5.41, 5.74) is 0.246. The Morgan fingerprint density at radius 1 is 1.24 bits per heavy atom. The standard InChI is InChI=1S/C20H16F3N9O2/c1-34-19-11(10-31(30-19)16-9-24-7-8-25-16)18(33)27-14-4-2-3-12(26-14)17-29-28-15-6-5-13(32(15)17)20(21,22)23/h2-4,7-10,13H,5-6H2,1H3,(H,26,27,33). The molecule has 0 bridgehead atoms. The number of hydrogen-bond donors (Lipinski definition) is 1. The van der Waals surface area contributed by atoms with E-state index in [1.807, 2.05) is 0 Å². The average Bonchev–Trinajstić information content (AvgIpc) is 3.54. The minimum atomic E-state index is -4.44. The first kappa shape index (κ1) is 21.5. The monoisotopic (exact) mass is 471 g/mol. The van der Waals surface area contributed by atoms with Crippen molar-refractivity contribution in [2.75, 3.05) is 12.4 Å². The number of aromatic nitrogens is 8. The molecule has 1 N–H and O–H groups in total. The number of anilines is 1. The largest absolute Gasteiger partial charge is 0.479 e. The number of nitrogens with one attached hydrogen (secondary N) is 1. The van der Waals surface area contributed by atoms with Gasteiger partial charge < -0.3 is 10.1 Å². The number of carbonyl (C=O) groups excluding carboxylic acids is 1. The van der Waals surface area contributed by atoms with E-state index in [0.717, 1.165) is 4.57 Å². The minimum Gasteiger partial charge on any atom is -0.479 e. The number of alkyl halides is 3. The van der Waals surface area contributed by atoms with Crippen LogP contribution in [-0.2, 0) is 6.42 Å². The Morgan fingerprint density at radius 2 is 2.09 bits per heavy atom. The molecule has 11 nitrogen and oxygen atoms in total. The molecule has 0 saturated heterocycles. The van der Waals surface area contributed by atoms with Crippen LogP contribution < -0.4 is 10.1 Å². The van der Waals surface area contributed by atoms with Crippen LogP contribution in [0.3, 0.4) is 0 Å². The Hall–Kier alpha value is -4.36. The summed E-state index contributed by atoms with van der Waals surface area (Å²) in [7, 11) is 1.36. The molecule has 5 heterocycles. The smallest absolute Gasteiger partial charge is 0.409 e. The predicted molar refractivity (Wildman–Crippen MR) is 110 cm³/mol. The first-order valence-corrected chi connectivity index (χ1v) is 10.0. The van der Waals surface area contributed by atoms with E-state index in [0.29, 0.717) is 5.82 Å². The summed E-state index contributed by atoms with van der Waals surface area (Å²) in [5, 5.41) is 14.6. The molecule has 5 rings (SSSR count). The van der Waals surface area contributed by atoms with Gasteiger partial charge in [0.2, 0.25) is 5.88 Å². The predicted octanol–water partition coefficient (Wildman–Crippen LogP) is 2.63. The molecule has 1 aliphatic rings. The maximum Gasteiger partial charge on any atom is 0.409 e. The lowest BCUT2D eigenvalue weighted by Gasteiger charge is -2.18. The molecule has 1 unspecified atom stereocenters. The lowest BCUT2D eigenvalue weighted by molar-refractivity contribution is -0.165. The van der Waals surface area contributed by atoms with E-state index in [4.69, 9.17) is 4.74 Å². The highest BCUT2D eigenvalue weighted by Gasteiger charge is 2.46. The molecular weight excluding hydrogens is 455 g/mol. The van der Waals surface area contributed by atoms with Gasteiger partial charge in [-0.05, 0) is 18.6 Å². The number of carbonyl (C=O) groups is 1. The van der Waals surface area contributed by atoms with Crippen LogP contribution in [0.15, 0.2) is 43.0 Å². The number of ether oxygens (including phenoxy) is 1. The Labute approximate surface area is 189 Å². The number of aryl methyl sites for hydroxylation is 1.